The number of furan rings is 1. The minimum Gasteiger partial charge on any atom is -0.507 e. The van der Waals surface area contributed by atoms with Gasteiger partial charge in [-0.2, -0.15) is 0 Å². The van der Waals surface area contributed by atoms with Crippen LogP contribution in [-0.4, -0.2) is 22.8 Å². The van der Waals surface area contributed by atoms with Gasteiger partial charge in [0, 0.05) is 11.3 Å². The van der Waals surface area contributed by atoms with Gasteiger partial charge in [0.1, 0.15) is 5.75 Å². The quantitative estimate of drug-likeness (QED) is 0.381. The van der Waals surface area contributed by atoms with Crippen molar-refractivity contribution in [2.24, 2.45) is 0 Å². The van der Waals surface area contributed by atoms with Gasteiger partial charge in [0.25, 0.3) is 17.7 Å². The van der Waals surface area contributed by atoms with Crippen molar-refractivity contribution >= 4 is 34.2 Å². The van der Waals surface area contributed by atoms with Crippen molar-refractivity contribution in [2.45, 2.75) is 0 Å². The van der Waals surface area contributed by atoms with Crippen LogP contribution in [-0.2, 0) is 0 Å². The van der Waals surface area contributed by atoms with Crippen LogP contribution in [0.25, 0.3) is 10.8 Å². The number of fused-ring (bicyclic) bond motifs is 1. The van der Waals surface area contributed by atoms with Crippen molar-refractivity contribution in [2.75, 3.05) is 5.32 Å². The molecule has 0 fully saturated rings. The molecule has 0 radical (unpaired) electrons. The minimum absolute atomic E-state index is 0.0370. The number of carbonyl (C=O) groups excluding carboxylic acids is 3. The number of rotatable bonds is 4. The monoisotopic (exact) mass is 415 g/mol. The molecule has 0 saturated heterocycles. The van der Waals surface area contributed by atoms with Crippen LogP contribution in [0.1, 0.15) is 31.3 Å². The Bertz CT molecular complexity index is 1260. The Labute approximate surface area is 176 Å². The molecule has 0 unspecified atom stereocenters. The van der Waals surface area contributed by atoms with E-state index in [1.54, 1.807) is 24.3 Å². The van der Waals surface area contributed by atoms with E-state index in [0.717, 1.165) is 10.8 Å². The minimum atomic E-state index is -0.654. The number of hydrogen-bond acceptors (Lipinski definition) is 5. The summed E-state index contributed by atoms with van der Waals surface area (Å²) in [6, 6.07) is 19.5. The van der Waals surface area contributed by atoms with Crippen LogP contribution >= 0.6 is 0 Å². The van der Waals surface area contributed by atoms with Crippen molar-refractivity contribution < 1.29 is 23.9 Å². The van der Waals surface area contributed by atoms with Crippen molar-refractivity contribution in [3.8, 4) is 5.75 Å². The Morgan fingerprint density at radius 2 is 1.42 bits per heavy atom. The molecule has 0 aliphatic heterocycles. The van der Waals surface area contributed by atoms with E-state index in [2.05, 4.69) is 16.2 Å². The Morgan fingerprint density at radius 1 is 0.742 bits per heavy atom. The number of hydrazine groups is 1. The number of hydrogen-bond donors (Lipinski definition) is 4. The molecule has 4 rings (SSSR count). The Balaban J connectivity index is 1.38. The first-order chi connectivity index (χ1) is 15.0. The van der Waals surface area contributed by atoms with E-state index in [1.165, 1.54) is 30.5 Å². The smallest absolute Gasteiger partial charge is 0.291 e. The average Bonchev–Trinajstić information content (AvgIpc) is 3.32. The van der Waals surface area contributed by atoms with Crippen LogP contribution in [0.3, 0.4) is 0 Å². The molecule has 8 nitrogen and oxygen atoms in total. The molecule has 31 heavy (non-hydrogen) atoms. The summed E-state index contributed by atoms with van der Waals surface area (Å²) >= 11 is 0. The predicted molar refractivity (Wildman–Crippen MR) is 114 cm³/mol. The SMILES string of the molecule is O=C(NNC(=O)c1cc2ccccc2cc1O)c1ccc(NC(=O)c2ccco2)cc1. The normalized spacial score (nSPS) is 10.5. The Morgan fingerprint density at radius 3 is 2.10 bits per heavy atom. The highest BCUT2D eigenvalue weighted by Gasteiger charge is 2.14. The summed E-state index contributed by atoms with van der Waals surface area (Å²) in [7, 11) is 0. The molecule has 1 heterocycles. The lowest BCUT2D eigenvalue weighted by molar-refractivity contribution is 0.0845. The fourth-order valence-corrected chi connectivity index (χ4v) is 2.97. The zero-order valence-electron chi connectivity index (χ0n) is 16.1. The largest absolute Gasteiger partial charge is 0.507 e. The third kappa shape index (κ3) is 4.38. The predicted octanol–water partition coefficient (Wildman–Crippen LogP) is 3.47. The van der Waals surface area contributed by atoms with Gasteiger partial charge >= 0.3 is 0 Å². The van der Waals surface area contributed by atoms with Crippen molar-refractivity contribution in [3.63, 3.8) is 0 Å². The molecular weight excluding hydrogens is 398 g/mol. The van der Waals surface area contributed by atoms with Crippen molar-refractivity contribution in [3.05, 3.63) is 95.9 Å². The number of anilines is 1. The van der Waals surface area contributed by atoms with Gasteiger partial charge in [-0.3, -0.25) is 25.2 Å². The molecule has 3 amide bonds. The van der Waals surface area contributed by atoms with E-state index in [0.29, 0.717) is 5.69 Å². The highest BCUT2D eigenvalue weighted by molar-refractivity contribution is 6.04. The summed E-state index contributed by atoms with van der Waals surface area (Å²) in [6.07, 6.45) is 1.40. The number of carbonyl (C=O) groups is 3. The summed E-state index contributed by atoms with van der Waals surface area (Å²) < 4.78 is 5.02. The second kappa shape index (κ2) is 8.42. The summed E-state index contributed by atoms with van der Waals surface area (Å²) in [6.45, 7) is 0. The van der Waals surface area contributed by atoms with Gasteiger partial charge in [-0.15, -0.1) is 0 Å². The Kier molecular flexibility index (Phi) is 5.35. The molecule has 0 aliphatic carbocycles. The maximum absolute atomic E-state index is 12.4. The lowest BCUT2D eigenvalue weighted by Crippen LogP contribution is -2.41. The van der Waals surface area contributed by atoms with Gasteiger partial charge in [-0.25, -0.2) is 0 Å². The van der Waals surface area contributed by atoms with Crippen LogP contribution in [0.2, 0.25) is 0 Å². The first-order valence-electron chi connectivity index (χ1n) is 9.28. The standard InChI is InChI=1S/C23H17N3O5/c27-19-13-16-5-2-1-4-15(16)12-18(19)22(29)26-25-21(28)14-7-9-17(10-8-14)24-23(30)20-6-3-11-31-20/h1-13,27H,(H,24,30)(H,25,28)(H,26,29). The van der Waals surface area contributed by atoms with Crippen LogP contribution in [0.4, 0.5) is 5.69 Å². The number of nitrogens with one attached hydrogen (secondary N) is 3. The third-order valence-corrected chi connectivity index (χ3v) is 4.55. The van der Waals surface area contributed by atoms with Crippen LogP contribution in [0.15, 0.2) is 83.5 Å². The molecule has 4 aromatic rings. The fraction of sp³-hybridized carbons (Fsp3) is 0. The van der Waals surface area contributed by atoms with Crippen molar-refractivity contribution in [1.82, 2.24) is 10.9 Å². The molecule has 0 atom stereocenters. The number of phenols is 1. The van der Waals surface area contributed by atoms with E-state index in [9.17, 15) is 19.5 Å². The van der Waals surface area contributed by atoms with Gasteiger partial charge in [-0.1, -0.05) is 24.3 Å². The molecule has 154 valence electrons. The molecule has 3 aromatic carbocycles. The zero-order valence-corrected chi connectivity index (χ0v) is 16.1. The highest BCUT2D eigenvalue weighted by Crippen LogP contribution is 2.24. The van der Waals surface area contributed by atoms with E-state index >= 15 is 0 Å². The first-order valence-corrected chi connectivity index (χ1v) is 9.28. The van der Waals surface area contributed by atoms with Crippen LogP contribution < -0.4 is 16.2 Å². The van der Waals surface area contributed by atoms with Crippen LogP contribution in [0, 0.1) is 0 Å². The molecule has 0 bridgehead atoms. The second-order valence-corrected chi connectivity index (χ2v) is 6.63. The third-order valence-electron chi connectivity index (χ3n) is 4.55. The van der Waals surface area contributed by atoms with Crippen LogP contribution in [0.5, 0.6) is 5.75 Å². The van der Waals surface area contributed by atoms with Gasteiger partial charge in [0.05, 0.1) is 11.8 Å². The molecule has 4 N–H and O–H groups in total. The number of amides is 3. The van der Waals surface area contributed by atoms with E-state index in [-0.39, 0.29) is 22.6 Å². The van der Waals surface area contributed by atoms with Gasteiger partial charge in [-0.05, 0) is 59.3 Å². The molecule has 1 aromatic heterocycles. The number of aromatic hydroxyl groups is 1. The second-order valence-electron chi connectivity index (χ2n) is 6.63. The zero-order chi connectivity index (χ0) is 21.8. The van der Waals surface area contributed by atoms with Gasteiger partial charge in [0.2, 0.25) is 0 Å². The topological polar surface area (TPSA) is 121 Å². The summed E-state index contributed by atoms with van der Waals surface area (Å²) in [5.41, 5.74) is 5.37. The molecule has 0 aliphatic rings. The molecular formula is C23H17N3O5. The van der Waals surface area contributed by atoms with Crippen molar-refractivity contribution in [1.29, 1.82) is 0 Å². The van der Waals surface area contributed by atoms with Gasteiger partial charge < -0.3 is 14.8 Å². The summed E-state index contributed by atoms with van der Waals surface area (Å²) in [5, 5.41) is 14.3. The van der Waals surface area contributed by atoms with E-state index in [1.807, 2.05) is 24.3 Å². The molecule has 8 heteroatoms. The Hall–Kier alpha value is -4.59. The number of benzene rings is 3. The highest BCUT2D eigenvalue weighted by atomic mass is 16.3. The fourth-order valence-electron chi connectivity index (χ4n) is 2.97. The average molecular weight is 415 g/mol. The maximum atomic E-state index is 12.4. The number of phenolic OH excluding ortho intramolecular Hbond substituents is 1. The lowest BCUT2D eigenvalue weighted by Gasteiger charge is -2.10. The summed E-state index contributed by atoms with van der Waals surface area (Å²) in [5.74, 6) is -1.65. The molecule has 0 saturated carbocycles. The lowest BCUT2D eigenvalue weighted by atomic mass is 10.1. The van der Waals surface area contributed by atoms with E-state index in [4.69, 9.17) is 4.42 Å². The molecule has 0 spiro atoms. The van der Waals surface area contributed by atoms with E-state index < -0.39 is 17.7 Å². The first kappa shape index (κ1) is 19.7. The maximum Gasteiger partial charge on any atom is 0.291 e. The van der Waals surface area contributed by atoms with Gasteiger partial charge in [0.15, 0.2) is 5.76 Å². The summed E-state index contributed by atoms with van der Waals surface area (Å²) in [4.78, 5) is 36.7.